The number of hydrogen-bond donors (Lipinski definition) is 0. The van der Waals surface area contributed by atoms with Crippen molar-refractivity contribution in [2.24, 2.45) is 0 Å². The number of piperidine rings is 1. The van der Waals surface area contributed by atoms with Crippen LogP contribution >= 0.6 is 0 Å². The highest BCUT2D eigenvalue weighted by Gasteiger charge is 2.46. The first-order valence-electron chi connectivity index (χ1n) is 10.8. The Morgan fingerprint density at radius 2 is 1.83 bits per heavy atom. The van der Waals surface area contributed by atoms with E-state index in [1.807, 2.05) is 23.6 Å². The number of fused-ring (bicyclic) bond motifs is 2. The van der Waals surface area contributed by atoms with Gasteiger partial charge in [-0.05, 0) is 67.7 Å². The molecule has 29 heavy (non-hydrogen) atoms. The molecule has 1 saturated heterocycles. The lowest BCUT2D eigenvalue weighted by molar-refractivity contribution is -0.131. The third-order valence-corrected chi connectivity index (χ3v) is 6.89. The van der Waals surface area contributed by atoms with Crippen molar-refractivity contribution in [3.05, 3.63) is 59.5 Å². The van der Waals surface area contributed by atoms with E-state index in [1.54, 1.807) is 18.4 Å². The minimum Gasteiger partial charge on any atom is -0.459 e. The van der Waals surface area contributed by atoms with E-state index in [-0.39, 0.29) is 23.1 Å². The third kappa shape index (κ3) is 3.59. The molecule has 1 aliphatic carbocycles. The van der Waals surface area contributed by atoms with Gasteiger partial charge in [0.05, 0.1) is 6.26 Å². The average molecular weight is 395 g/mol. The van der Waals surface area contributed by atoms with Crippen molar-refractivity contribution in [3.8, 4) is 0 Å². The Morgan fingerprint density at radius 1 is 1.10 bits per heavy atom. The standard InChI is InChI=1S/C24H30N2O3/c1-3-25(4-2)22(27)16-18-17-24(20-9-6-5-8-19(18)20)11-13-26(14-12-24)23(28)21-10-7-15-29-21/h5-10,15,18H,3-4,11-14,16-17H2,1-2H3. The lowest BCUT2D eigenvalue weighted by atomic mass is 9.73. The fourth-order valence-corrected chi connectivity index (χ4v) is 5.29. The fraction of sp³-hybridized carbons (Fsp3) is 0.500. The highest BCUT2D eigenvalue weighted by molar-refractivity contribution is 5.91. The molecule has 1 aromatic carbocycles. The molecule has 1 spiro atoms. The van der Waals surface area contributed by atoms with Crippen LogP contribution in [-0.4, -0.2) is 47.8 Å². The summed E-state index contributed by atoms with van der Waals surface area (Å²) in [4.78, 5) is 29.3. The predicted octanol–water partition coefficient (Wildman–Crippen LogP) is 4.20. The van der Waals surface area contributed by atoms with Crippen molar-refractivity contribution in [3.63, 3.8) is 0 Å². The SMILES string of the molecule is CCN(CC)C(=O)CC1CC2(CCN(C(=O)c3ccco3)CC2)c2ccccc21. The second-order valence-electron chi connectivity index (χ2n) is 8.31. The van der Waals surface area contributed by atoms with Crippen molar-refractivity contribution >= 4 is 11.8 Å². The molecule has 5 nitrogen and oxygen atoms in total. The first-order chi connectivity index (χ1) is 14.1. The molecule has 0 bridgehead atoms. The summed E-state index contributed by atoms with van der Waals surface area (Å²) in [6, 6.07) is 12.1. The van der Waals surface area contributed by atoms with Crippen molar-refractivity contribution in [1.82, 2.24) is 9.80 Å². The molecule has 4 rings (SSSR count). The summed E-state index contributed by atoms with van der Waals surface area (Å²) in [6.45, 7) is 7.06. The molecule has 2 amide bonds. The second kappa shape index (κ2) is 8.05. The smallest absolute Gasteiger partial charge is 0.289 e. The van der Waals surface area contributed by atoms with Gasteiger partial charge in [-0.15, -0.1) is 0 Å². The Labute approximate surface area is 172 Å². The Morgan fingerprint density at radius 3 is 2.48 bits per heavy atom. The zero-order valence-electron chi connectivity index (χ0n) is 17.4. The van der Waals surface area contributed by atoms with Gasteiger partial charge in [0.2, 0.25) is 5.91 Å². The maximum atomic E-state index is 12.8. The molecule has 5 heteroatoms. The number of hydrogen-bond acceptors (Lipinski definition) is 3. The van der Waals surface area contributed by atoms with Crippen LogP contribution in [-0.2, 0) is 10.2 Å². The van der Waals surface area contributed by atoms with Crippen molar-refractivity contribution < 1.29 is 14.0 Å². The van der Waals surface area contributed by atoms with Gasteiger partial charge in [0.1, 0.15) is 0 Å². The molecule has 1 unspecified atom stereocenters. The first-order valence-corrected chi connectivity index (χ1v) is 10.8. The Bertz CT molecular complexity index is 862. The molecule has 1 fully saturated rings. The van der Waals surface area contributed by atoms with E-state index in [1.165, 1.54) is 11.1 Å². The lowest BCUT2D eigenvalue weighted by Gasteiger charge is -2.40. The summed E-state index contributed by atoms with van der Waals surface area (Å²) in [6.07, 6.45) is 5.00. The van der Waals surface area contributed by atoms with Gasteiger partial charge in [-0.25, -0.2) is 0 Å². The molecule has 154 valence electrons. The Balaban J connectivity index is 1.50. The molecule has 2 heterocycles. The number of rotatable bonds is 5. The van der Waals surface area contributed by atoms with Crippen LogP contribution in [0.15, 0.2) is 47.1 Å². The summed E-state index contributed by atoms with van der Waals surface area (Å²) in [5.41, 5.74) is 2.80. The van der Waals surface area contributed by atoms with E-state index in [0.29, 0.717) is 12.2 Å². The van der Waals surface area contributed by atoms with Crippen molar-refractivity contribution in [1.29, 1.82) is 0 Å². The van der Waals surface area contributed by atoms with Crippen LogP contribution in [0.1, 0.15) is 67.1 Å². The maximum Gasteiger partial charge on any atom is 0.289 e. The maximum absolute atomic E-state index is 12.8. The molecular formula is C24H30N2O3. The molecule has 0 saturated carbocycles. The number of carbonyl (C=O) groups excluding carboxylic acids is 2. The molecule has 0 radical (unpaired) electrons. The second-order valence-corrected chi connectivity index (χ2v) is 8.31. The van der Waals surface area contributed by atoms with Gasteiger partial charge in [0.25, 0.3) is 5.91 Å². The number of carbonyl (C=O) groups is 2. The van der Waals surface area contributed by atoms with Gasteiger partial charge in [-0.3, -0.25) is 9.59 Å². The highest BCUT2D eigenvalue weighted by atomic mass is 16.3. The van der Waals surface area contributed by atoms with Crippen LogP contribution < -0.4 is 0 Å². The van der Waals surface area contributed by atoms with E-state index in [0.717, 1.165) is 45.4 Å². The summed E-state index contributed by atoms with van der Waals surface area (Å²) in [5, 5.41) is 0. The van der Waals surface area contributed by atoms with Crippen LogP contribution in [0.4, 0.5) is 0 Å². The minimum absolute atomic E-state index is 0.0237. The molecule has 2 aliphatic rings. The summed E-state index contributed by atoms with van der Waals surface area (Å²) < 4.78 is 5.29. The number of nitrogens with zero attached hydrogens (tertiary/aromatic N) is 2. The quantitative estimate of drug-likeness (QED) is 0.764. The lowest BCUT2D eigenvalue weighted by Crippen LogP contribution is -2.44. The molecule has 1 atom stereocenters. The largest absolute Gasteiger partial charge is 0.459 e. The number of benzene rings is 1. The van der Waals surface area contributed by atoms with Gasteiger partial charge < -0.3 is 14.2 Å². The summed E-state index contributed by atoms with van der Waals surface area (Å²) >= 11 is 0. The highest BCUT2D eigenvalue weighted by Crippen LogP contribution is 2.52. The molecule has 1 aromatic heterocycles. The van der Waals surface area contributed by atoms with E-state index in [4.69, 9.17) is 4.42 Å². The third-order valence-electron chi connectivity index (χ3n) is 6.89. The van der Waals surface area contributed by atoms with Gasteiger partial charge in [0.15, 0.2) is 5.76 Å². The van der Waals surface area contributed by atoms with E-state index in [9.17, 15) is 9.59 Å². The summed E-state index contributed by atoms with van der Waals surface area (Å²) in [7, 11) is 0. The molecule has 2 aromatic rings. The zero-order chi connectivity index (χ0) is 20.4. The van der Waals surface area contributed by atoms with Crippen LogP contribution in [0.5, 0.6) is 0 Å². The van der Waals surface area contributed by atoms with Crippen LogP contribution in [0, 0.1) is 0 Å². The fourth-order valence-electron chi connectivity index (χ4n) is 5.29. The van der Waals surface area contributed by atoms with Crippen LogP contribution in [0.3, 0.4) is 0 Å². The van der Waals surface area contributed by atoms with Gasteiger partial charge in [-0.1, -0.05) is 24.3 Å². The molecular weight excluding hydrogens is 364 g/mol. The van der Waals surface area contributed by atoms with Crippen molar-refractivity contribution in [2.75, 3.05) is 26.2 Å². The van der Waals surface area contributed by atoms with Crippen LogP contribution in [0.2, 0.25) is 0 Å². The molecule has 0 N–H and O–H groups in total. The van der Waals surface area contributed by atoms with Gasteiger partial charge in [-0.2, -0.15) is 0 Å². The Hall–Kier alpha value is -2.56. The van der Waals surface area contributed by atoms with E-state index >= 15 is 0 Å². The monoisotopic (exact) mass is 394 g/mol. The Kier molecular flexibility index (Phi) is 5.48. The van der Waals surface area contributed by atoms with Gasteiger partial charge >= 0.3 is 0 Å². The number of furan rings is 1. The number of likely N-dealkylation sites (tertiary alicyclic amines) is 1. The van der Waals surface area contributed by atoms with E-state index in [2.05, 4.69) is 24.3 Å². The first kappa shape index (κ1) is 19.7. The minimum atomic E-state index is -0.0237. The average Bonchev–Trinajstić information content (AvgIpc) is 3.37. The topological polar surface area (TPSA) is 53.8 Å². The number of amides is 2. The molecule has 1 aliphatic heterocycles. The zero-order valence-corrected chi connectivity index (χ0v) is 17.4. The summed E-state index contributed by atoms with van der Waals surface area (Å²) in [5.74, 6) is 0.906. The normalized spacial score (nSPS) is 19.9. The van der Waals surface area contributed by atoms with Crippen molar-refractivity contribution in [2.45, 2.75) is 50.9 Å². The van der Waals surface area contributed by atoms with Crippen LogP contribution in [0.25, 0.3) is 0 Å². The van der Waals surface area contributed by atoms with E-state index < -0.39 is 0 Å². The van der Waals surface area contributed by atoms with Gasteiger partial charge in [0, 0.05) is 32.6 Å². The predicted molar refractivity (Wildman–Crippen MR) is 112 cm³/mol.